The summed E-state index contributed by atoms with van der Waals surface area (Å²) in [7, 11) is 0. The maximum atomic E-state index is 13.1. The van der Waals surface area contributed by atoms with E-state index in [9.17, 15) is 27.3 Å². The molecule has 0 saturated heterocycles. The van der Waals surface area contributed by atoms with Gasteiger partial charge in [-0.15, -0.1) is 0 Å². The Kier molecular flexibility index (Phi) is 7.42. The molecule has 0 spiro atoms. The number of benzene rings is 2. The number of rotatable bonds is 7. The Bertz CT molecular complexity index is 1400. The first-order valence-electron chi connectivity index (χ1n) is 9.88. The van der Waals surface area contributed by atoms with Gasteiger partial charge in [-0.3, -0.25) is 0 Å². The Morgan fingerprint density at radius 2 is 1.86 bits per heavy atom. The van der Waals surface area contributed by atoms with Crippen molar-refractivity contribution in [1.29, 1.82) is 0 Å². The van der Waals surface area contributed by atoms with E-state index in [0.717, 1.165) is 28.8 Å². The minimum absolute atomic E-state index is 0.00249. The van der Waals surface area contributed by atoms with E-state index >= 15 is 0 Å². The van der Waals surface area contributed by atoms with Crippen LogP contribution >= 0.6 is 0 Å². The fourth-order valence-electron chi connectivity index (χ4n) is 3.02. The summed E-state index contributed by atoms with van der Waals surface area (Å²) in [5.41, 5.74) is 10.4. The summed E-state index contributed by atoms with van der Waals surface area (Å²) in [6.07, 6.45) is -0.662. The van der Waals surface area contributed by atoms with Crippen LogP contribution in [0, 0.1) is 0 Å². The van der Waals surface area contributed by atoms with Crippen LogP contribution in [0.2, 0.25) is 0 Å². The van der Waals surface area contributed by atoms with Gasteiger partial charge in [0.15, 0.2) is 0 Å². The van der Waals surface area contributed by atoms with Crippen LogP contribution < -0.4 is 26.7 Å². The van der Waals surface area contributed by atoms with E-state index in [1.165, 1.54) is 13.1 Å². The monoisotopic (exact) mass is 544 g/mol. The minimum atomic E-state index is -5.67. The van der Waals surface area contributed by atoms with Crippen molar-refractivity contribution in [2.75, 3.05) is 5.32 Å². The number of hydrogen-bond donors (Lipinski definition) is 5. The quantitative estimate of drug-likeness (QED) is 0.108. The Labute approximate surface area is 201 Å². The molecule has 14 heteroatoms. The van der Waals surface area contributed by atoms with Crippen molar-refractivity contribution in [2.24, 2.45) is 16.5 Å². The summed E-state index contributed by atoms with van der Waals surface area (Å²) in [6, 6.07) is 12.5. The van der Waals surface area contributed by atoms with Crippen molar-refractivity contribution < 1.29 is 26.3 Å². The van der Waals surface area contributed by atoms with Crippen molar-refractivity contribution in [3.05, 3.63) is 71.1 Å². The van der Waals surface area contributed by atoms with Gasteiger partial charge in [0, 0.05) is 0 Å². The molecule has 0 aliphatic heterocycles. The average Bonchev–Trinajstić information content (AvgIpc) is 2.78. The number of nitrogens with two attached hydrogens (primary N) is 2. The number of carbonyl (C=O) groups excluding carboxylic acids is 2. The molecule has 1 heterocycles. The summed E-state index contributed by atoms with van der Waals surface area (Å²) < 4.78 is 28.9. The fraction of sp³-hybridized carbons (Fsp3) is 0.0952. The van der Waals surface area contributed by atoms with Crippen LogP contribution in [0.3, 0.4) is 0 Å². The van der Waals surface area contributed by atoms with Crippen LogP contribution in [0.4, 0.5) is 5.69 Å². The van der Waals surface area contributed by atoms with Crippen LogP contribution in [0.25, 0.3) is 11.4 Å². The van der Waals surface area contributed by atoms with Gasteiger partial charge in [0.1, 0.15) is 0 Å². The van der Waals surface area contributed by atoms with Gasteiger partial charge in [-0.1, -0.05) is 0 Å². The molecule has 0 aliphatic rings. The molecule has 0 radical (unpaired) electrons. The molecular formula is C21H21AsN6O7. The standard InChI is InChI=1S/C21H21AsN6O7/c1-12(29)26-15-11-14(7-8-16(15)30)22(33,34)35-20(32)19(27-21(23)24)28-17(31)9-10-25-18(28)13-5-3-2-4-6-13/h2-11,19,30H,1H3,(H,26,29)(H,33,34)(H4,23,24,27). The zero-order chi connectivity index (χ0) is 25.8. The van der Waals surface area contributed by atoms with Crippen molar-refractivity contribution in [3.63, 3.8) is 0 Å². The number of phenols is 1. The third-order valence-electron chi connectivity index (χ3n) is 4.47. The summed E-state index contributed by atoms with van der Waals surface area (Å²) >= 11 is -5.67. The van der Waals surface area contributed by atoms with Gasteiger partial charge in [0.2, 0.25) is 0 Å². The van der Waals surface area contributed by atoms with Gasteiger partial charge >= 0.3 is 201 Å². The molecule has 1 aromatic heterocycles. The molecule has 13 nitrogen and oxygen atoms in total. The van der Waals surface area contributed by atoms with Gasteiger partial charge in [0.25, 0.3) is 0 Å². The first-order chi connectivity index (χ1) is 16.5. The SMILES string of the molecule is CC(=O)Nc1cc([As](=O)(O)OC(=O)C(N=C(N)N)n2c(-c3ccccc3)nccc2=O)ccc1O. The summed E-state index contributed by atoms with van der Waals surface area (Å²) in [5.74, 6) is -2.93. The molecule has 0 fully saturated rings. The zero-order valence-electron chi connectivity index (χ0n) is 18.2. The Morgan fingerprint density at radius 1 is 1.17 bits per heavy atom. The number of guanidine groups is 1. The van der Waals surface area contributed by atoms with E-state index in [0.29, 0.717) is 5.56 Å². The summed E-state index contributed by atoms with van der Waals surface area (Å²) in [4.78, 5) is 45.0. The van der Waals surface area contributed by atoms with Crippen molar-refractivity contribution >= 4 is 42.0 Å². The molecule has 182 valence electrons. The van der Waals surface area contributed by atoms with Gasteiger partial charge < -0.3 is 0 Å². The van der Waals surface area contributed by atoms with Crippen LogP contribution in [0.15, 0.2) is 70.6 Å². The normalized spacial score (nSPS) is 13.2. The molecule has 2 aromatic carbocycles. The number of amides is 1. The zero-order valence-corrected chi connectivity index (χ0v) is 20.1. The van der Waals surface area contributed by atoms with E-state index in [1.54, 1.807) is 30.3 Å². The number of nitrogens with zero attached hydrogens (tertiary/aromatic N) is 3. The predicted octanol–water partition coefficient (Wildman–Crippen LogP) is -0.842. The number of phenolic OH excluding ortho intramolecular Hbond substituents is 1. The van der Waals surface area contributed by atoms with Crippen LogP contribution in [-0.4, -0.2) is 50.8 Å². The Hall–Kier alpha value is -4.35. The van der Waals surface area contributed by atoms with E-state index in [2.05, 4.69) is 15.3 Å². The van der Waals surface area contributed by atoms with Crippen LogP contribution in [0.5, 0.6) is 5.75 Å². The molecule has 2 unspecified atom stereocenters. The third kappa shape index (κ3) is 5.96. The topological polar surface area (TPSA) is 212 Å². The molecule has 3 aromatic rings. The molecule has 0 saturated carbocycles. The molecular weight excluding hydrogens is 523 g/mol. The second-order valence-electron chi connectivity index (χ2n) is 7.08. The number of aromatic hydroxyl groups is 1. The Balaban J connectivity index is 2.05. The molecule has 7 N–H and O–H groups in total. The maximum absolute atomic E-state index is 13.1. The first kappa shape index (κ1) is 25.3. The Morgan fingerprint density at radius 3 is 2.49 bits per heavy atom. The van der Waals surface area contributed by atoms with Gasteiger partial charge in [0.05, 0.1) is 0 Å². The van der Waals surface area contributed by atoms with E-state index in [4.69, 9.17) is 15.2 Å². The predicted molar refractivity (Wildman–Crippen MR) is 126 cm³/mol. The van der Waals surface area contributed by atoms with Crippen molar-refractivity contribution in [1.82, 2.24) is 9.55 Å². The summed E-state index contributed by atoms with van der Waals surface area (Å²) in [6.45, 7) is 1.17. The van der Waals surface area contributed by atoms with Gasteiger partial charge in [-0.25, -0.2) is 0 Å². The number of aromatic nitrogens is 2. The van der Waals surface area contributed by atoms with Gasteiger partial charge in [-0.05, 0) is 0 Å². The number of carbonyl (C=O) groups is 2. The molecule has 0 aliphatic carbocycles. The van der Waals surface area contributed by atoms with E-state index < -0.39 is 43.7 Å². The fourth-order valence-corrected chi connectivity index (χ4v) is 5.12. The molecule has 2 atom stereocenters. The molecule has 3 rings (SSSR count). The van der Waals surface area contributed by atoms with E-state index in [-0.39, 0.29) is 21.6 Å². The number of anilines is 1. The number of hydrogen-bond acceptors (Lipinski definition) is 8. The first-order valence-corrected chi connectivity index (χ1v) is 13.2. The second kappa shape index (κ2) is 10.3. The molecule has 0 bridgehead atoms. The molecule has 35 heavy (non-hydrogen) atoms. The second-order valence-corrected chi connectivity index (χ2v) is 10.7. The number of aliphatic imine (C=N–C) groups is 1. The average molecular weight is 544 g/mol. The third-order valence-corrected chi connectivity index (χ3v) is 7.32. The van der Waals surface area contributed by atoms with Crippen LogP contribution in [0.1, 0.15) is 13.1 Å². The van der Waals surface area contributed by atoms with Crippen molar-refractivity contribution in [2.45, 2.75) is 13.1 Å². The van der Waals surface area contributed by atoms with Crippen LogP contribution in [-0.2, 0) is 17.1 Å². The van der Waals surface area contributed by atoms with Crippen molar-refractivity contribution in [3.8, 4) is 17.1 Å². The number of nitrogens with one attached hydrogen (secondary N) is 1. The summed E-state index contributed by atoms with van der Waals surface area (Å²) in [5, 5.41) is 12.1. The molecule has 1 amide bonds. The van der Waals surface area contributed by atoms with Gasteiger partial charge in [-0.2, -0.15) is 0 Å². The van der Waals surface area contributed by atoms with E-state index in [1.807, 2.05) is 0 Å².